The van der Waals surface area contributed by atoms with Gasteiger partial charge in [0.2, 0.25) is 0 Å². The van der Waals surface area contributed by atoms with Gasteiger partial charge in [0, 0.05) is 36.7 Å². The molecular weight excluding hydrogens is 480 g/mol. The first-order chi connectivity index (χ1) is 16.0. The van der Waals surface area contributed by atoms with E-state index >= 15 is 0 Å². The van der Waals surface area contributed by atoms with Crippen molar-refractivity contribution in [3.63, 3.8) is 0 Å². The Morgan fingerprint density at radius 1 is 1.24 bits per heavy atom. The molecule has 1 fully saturated rings. The Kier molecular flexibility index (Phi) is 7.23. The molecule has 2 heterocycles. The second kappa shape index (κ2) is 10.3. The fourth-order valence-corrected chi connectivity index (χ4v) is 5.11. The molecule has 1 amide bonds. The van der Waals surface area contributed by atoms with E-state index in [-0.39, 0.29) is 23.5 Å². The second-order valence-electron chi connectivity index (χ2n) is 8.38. The van der Waals surface area contributed by atoms with E-state index in [0.29, 0.717) is 25.1 Å². The van der Waals surface area contributed by atoms with Crippen molar-refractivity contribution in [2.24, 2.45) is 11.8 Å². The van der Waals surface area contributed by atoms with Gasteiger partial charge in [0.15, 0.2) is 5.78 Å². The summed E-state index contributed by atoms with van der Waals surface area (Å²) in [5.41, 5.74) is 2.40. The number of benzene rings is 2. The Morgan fingerprint density at radius 3 is 2.76 bits per heavy atom. The van der Waals surface area contributed by atoms with Gasteiger partial charge in [-0.15, -0.1) is 6.58 Å². The summed E-state index contributed by atoms with van der Waals surface area (Å²) < 4.78 is 5.36. The summed E-state index contributed by atoms with van der Waals surface area (Å²) in [5, 5.41) is 0.899. The van der Waals surface area contributed by atoms with Crippen LogP contribution in [-0.4, -0.2) is 41.8 Å². The molecular formula is C27H27BrN2O3. The highest BCUT2D eigenvalue weighted by atomic mass is 79.9. The molecule has 1 aliphatic rings. The minimum atomic E-state index is -0.440. The molecule has 0 N–H and O–H groups in total. The molecule has 5 nitrogen and oxygen atoms in total. The van der Waals surface area contributed by atoms with Gasteiger partial charge in [0.1, 0.15) is 5.75 Å². The van der Waals surface area contributed by atoms with Gasteiger partial charge in [0.05, 0.1) is 17.5 Å². The number of nitrogens with zero attached hydrogens (tertiary/aromatic N) is 2. The van der Waals surface area contributed by atoms with E-state index < -0.39 is 4.83 Å². The molecule has 3 atom stereocenters. The van der Waals surface area contributed by atoms with Crippen molar-refractivity contribution in [3.8, 4) is 5.75 Å². The zero-order valence-corrected chi connectivity index (χ0v) is 20.2. The number of amides is 1. The van der Waals surface area contributed by atoms with Crippen LogP contribution in [0.3, 0.4) is 0 Å². The lowest BCUT2D eigenvalue weighted by Gasteiger charge is -2.37. The summed E-state index contributed by atoms with van der Waals surface area (Å²) in [4.78, 5) is 32.0. The SMILES string of the molecule is C=C[C@H]1CN(C(=O)c2ccccc2)CC[C@H]1CC(=O)[C@H](Br)c1ccnc2ccc(OC)cc12. The number of ketones is 1. The maximum absolute atomic E-state index is 13.3. The molecule has 0 aliphatic carbocycles. The van der Waals surface area contributed by atoms with E-state index in [1.54, 1.807) is 13.3 Å². The topological polar surface area (TPSA) is 59.5 Å². The van der Waals surface area contributed by atoms with E-state index in [2.05, 4.69) is 27.5 Å². The lowest BCUT2D eigenvalue weighted by atomic mass is 9.81. The fourth-order valence-electron chi connectivity index (χ4n) is 4.53. The molecule has 0 bridgehead atoms. The molecule has 0 radical (unpaired) electrons. The third-order valence-electron chi connectivity index (χ3n) is 6.42. The Hall–Kier alpha value is -2.99. The number of alkyl halides is 1. The van der Waals surface area contributed by atoms with Gasteiger partial charge in [-0.25, -0.2) is 0 Å². The highest BCUT2D eigenvalue weighted by Gasteiger charge is 2.33. The summed E-state index contributed by atoms with van der Waals surface area (Å²) in [7, 11) is 1.62. The van der Waals surface area contributed by atoms with Crippen LogP contribution < -0.4 is 4.74 Å². The van der Waals surface area contributed by atoms with E-state index in [0.717, 1.165) is 28.6 Å². The number of halogens is 1. The Labute approximate surface area is 202 Å². The van der Waals surface area contributed by atoms with E-state index in [1.807, 2.05) is 65.6 Å². The average Bonchev–Trinajstić information content (AvgIpc) is 2.87. The molecule has 3 aromatic rings. The van der Waals surface area contributed by atoms with Gasteiger partial charge in [-0.05, 0) is 60.2 Å². The maximum Gasteiger partial charge on any atom is 0.253 e. The van der Waals surface area contributed by atoms with Gasteiger partial charge in [0.25, 0.3) is 5.91 Å². The molecule has 0 spiro atoms. The van der Waals surface area contributed by atoms with Gasteiger partial charge in [-0.1, -0.05) is 40.2 Å². The third kappa shape index (κ3) is 5.01. The van der Waals surface area contributed by atoms with Crippen LogP contribution in [0.15, 0.2) is 73.4 Å². The van der Waals surface area contributed by atoms with E-state index in [4.69, 9.17) is 4.74 Å². The predicted octanol–water partition coefficient (Wildman–Crippen LogP) is 5.60. The first kappa shape index (κ1) is 23.2. The number of methoxy groups -OCH3 is 1. The number of likely N-dealkylation sites (tertiary alicyclic amines) is 1. The van der Waals surface area contributed by atoms with Crippen molar-refractivity contribution < 1.29 is 14.3 Å². The van der Waals surface area contributed by atoms with Crippen LogP contribution in [0.2, 0.25) is 0 Å². The van der Waals surface area contributed by atoms with Crippen molar-refractivity contribution in [2.75, 3.05) is 20.2 Å². The third-order valence-corrected chi connectivity index (χ3v) is 7.42. The van der Waals surface area contributed by atoms with E-state index in [1.165, 1.54) is 0 Å². The maximum atomic E-state index is 13.3. The molecule has 1 aromatic heterocycles. The number of ether oxygens (including phenoxy) is 1. The number of fused-ring (bicyclic) bond motifs is 1. The molecule has 6 heteroatoms. The van der Waals surface area contributed by atoms with Crippen LogP contribution in [0.25, 0.3) is 10.9 Å². The smallest absolute Gasteiger partial charge is 0.253 e. The molecule has 4 rings (SSSR count). The lowest BCUT2D eigenvalue weighted by molar-refractivity contribution is -0.120. The van der Waals surface area contributed by atoms with Crippen LogP contribution in [0.5, 0.6) is 5.75 Å². The monoisotopic (exact) mass is 506 g/mol. The Bertz CT molecular complexity index is 1160. The number of piperidine rings is 1. The highest BCUT2D eigenvalue weighted by molar-refractivity contribution is 9.09. The number of pyridine rings is 1. The molecule has 1 saturated heterocycles. The number of hydrogen-bond acceptors (Lipinski definition) is 4. The first-order valence-corrected chi connectivity index (χ1v) is 12.0. The Balaban J connectivity index is 1.47. The summed E-state index contributed by atoms with van der Waals surface area (Å²) in [6.07, 6.45) is 4.81. The zero-order chi connectivity index (χ0) is 23.4. The zero-order valence-electron chi connectivity index (χ0n) is 18.6. The van der Waals surface area contributed by atoms with Crippen LogP contribution in [0, 0.1) is 11.8 Å². The molecule has 0 saturated carbocycles. The lowest BCUT2D eigenvalue weighted by Crippen LogP contribution is -2.43. The number of carbonyl (C=O) groups is 2. The van der Waals surface area contributed by atoms with Crippen LogP contribution in [0.4, 0.5) is 0 Å². The fraction of sp³-hybridized carbons (Fsp3) is 0.296. The second-order valence-corrected chi connectivity index (χ2v) is 9.30. The first-order valence-electron chi connectivity index (χ1n) is 11.1. The standard InChI is InChI=1S/C27H27BrN2O3/c1-3-18-17-30(27(32)19-7-5-4-6-8-19)14-12-20(18)15-25(31)26(28)22-11-13-29-24-10-9-21(33-2)16-23(22)24/h3-11,13,16,18,20,26H,1,12,14-15,17H2,2H3/t18-,20-,26+/m0/s1. The summed E-state index contributed by atoms with van der Waals surface area (Å²) >= 11 is 3.64. The van der Waals surface area contributed by atoms with Gasteiger partial charge in [-0.2, -0.15) is 0 Å². The van der Waals surface area contributed by atoms with Crippen LogP contribution in [-0.2, 0) is 4.79 Å². The molecule has 170 valence electrons. The van der Waals surface area contributed by atoms with Crippen molar-refractivity contribution in [3.05, 3.63) is 84.6 Å². The van der Waals surface area contributed by atoms with Gasteiger partial charge < -0.3 is 9.64 Å². The predicted molar refractivity (Wildman–Crippen MR) is 134 cm³/mol. The normalized spacial score (nSPS) is 19.2. The van der Waals surface area contributed by atoms with Crippen molar-refractivity contribution in [1.82, 2.24) is 9.88 Å². The number of hydrogen-bond donors (Lipinski definition) is 0. The summed E-state index contributed by atoms with van der Waals surface area (Å²) in [5.74, 6) is 1.10. The number of carbonyl (C=O) groups excluding carboxylic acids is 2. The van der Waals surface area contributed by atoms with Gasteiger partial charge in [-0.3, -0.25) is 14.6 Å². The summed E-state index contributed by atoms with van der Waals surface area (Å²) in [6, 6.07) is 16.9. The Morgan fingerprint density at radius 2 is 2.03 bits per heavy atom. The molecule has 2 aromatic carbocycles. The average molecular weight is 507 g/mol. The number of Topliss-reactive ketones (excluding diaryl/α,β-unsaturated/α-hetero) is 1. The van der Waals surface area contributed by atoms with Crippen molar-refractivity contribution in [2.45, 2.75) is 17.7 Å². The minimum absolute atomic E-state index is 0.0304. The molecule has 1 aliphatic heterocycles. The highest BCUT2D eigenvalue weighted by Crippen LogP contribution is 2.36. The summed E-state index contributed by atoms with van der Waals surface area (Å²) in [6.45, 7) is 5.21. The number of aromatic nitrogens is 1. The van der Waals surface area contributed by atoms with Crippen molar-refractivity contribution in [1.29, 1.82) is 0 Å². The number of rotatable bonds is 7. The van der Waals surface area contributed by atoms with Crippen LogP contribution >= 0.6 is 15.9 Å². The van der Waals surface area contributed by atoms with Gasteiger partial charge >= 0.3 is 0 Å². The minimum Gasteiger partial charge on any atom is -0.497 e. The molecule has 0 unspecified atom stereocenters. The van der Waals surface area contributed by atoms with Crippen molar-refractivity contribution >= 4 is 38.5 Å². The largest absolute Gasteiger partial charge is 0.497 e. The molecule has 33 heavy (non-hydrogen) atoms. The quantitative estimate of drug-likeness (QED) is 0.309. The van der Waals surface area contributed by atoms with Crippen LogP contribution in [0.1, 0.15) is 33.6 Å². The van der Waals surface area contributed by atoms with E-state index in [9.17, 15) is 9.59 Å².